The van der Waals surface area contributed by atoms with E-state index in [2.05, 4.69) is 31.2 Å². The van der Waals surface area contributed by atoms with Gasteiger partial charge in [0, 0.05) is 58.1 Å². The van der Waals surface area contributed by atoms with Crippen LogP contribution in [0, 0.1) is 0 Å². The van der Waals surface area contributed by atoms with Gasteiger partial charge in [-0.3, -0.25) is 29.1 Å². The lowest BCUT2D eigenvalue weighted by Crippen LogP contribution is -2.41. The molecule has 0 fully saturated rings. The van der Waals surface area contributed by atoms with Gasteiger partial charge in [-0.2, -0.15) is 0 Å². The number of nitrogens with zero attached hydrogens (tertiary/aromatic N) is 2. The van der Waals surface area contributed by atoms with Crippen LogP contribution in [0.4, 0.5) is 11.4 Å². The minimum atomic E-state index is -0.807. The zero-order chi connectivity index (χ0) is 27.1. The van der Waals surface area contributed by atoms with E-state index in [0.717, 1.165) is 0 Å². The Balaban J connectivity index is 1.44. The molecule has 0 spiro atoms. The average molecular weight is 511 g/mol. The van der Waals surface area contributed by atoms with Crippen molar-refractivity contribution in [1.29, 1.82) is 0 Å². The Kier molecular flexibility index (Phi) is 8.02. The van der Waals surface area contributed by atoms with E-state index < -0.39 is 23.9 Å². The van der Waals surface area contributed by atoms with Gasteiger partial charge < -0.3 is 21.3 Å². The van der Waals surface area contributed by atoms with Crippen LogP contribution in [-0.2, 0) is 9.59 Å². The zero-order valence-electron chi connectivity index (χ0n) is 20.8. The summed E-state index contributed by atoms with van der Waals surface area (Å²) in [5.74, 6) is -1.57. The van der Waals surface area contributed by atoms with Gasteiger partial charge in [-0.1, -0.05) is 24.3 Å². The second-order valence-electron chi connectivity index (χ2n) is 8.55. The van der Waals surface area contributed by atoms with Crippen molar-refractivity contribution in [1.82, 2.24) is 20.6 Å². The van der Waals surface area contributed by atoms with Gasteiger partial charge >= 0.3 is 0 Å². The highest BCUT2D eigenvalue weighted by Gasteiger charge is 2.20. The van der Waals surface area contributed by atoms with Crippen molar-refractivity contribution < 1.29 is 19.2 Å². The summed E-state index contributed by atoms with van der Waals surface area (Å²) in [4.78, 5) is 58.2. The lowest BCUT2D eigenvalue weighted by atomic mass is 10.1. The summed E-state index contributed by atoms with van der Waals surface area (Å²) in [5.41, 5.74) is 1.84. The Morgan fingerprint density at radius 3 is 1.32 bits per heavy atom. The van der Waals surface area contributed by atoms with Crippen LogP contribution in [0.15, 0.2) is 85.5 Å². The van der Waals surface area contributed by atoms with Gasteiger partial charge in [-0.15, -0.1) is 0 Å². The second kappa shape index (κ2) is 11.7. The molecule has 4 aromatic rings. The Hall–Kier alpha value is -5.12. The second-order valence-corrected chi connectivity index (χ2v) is 8.55. The standard InChI is InChI=1S/C28H26N6O4/c1-17(31-27(37)19-9-13-29-14-10-19)25(35)33-23-7-3-6-22-21(23)5-4-8-24(22)34-26(36)18(2)32-28(38)20-11-15-30-16-12-20/h3-18H,1-2H3,(H,31,37)(H,32,38)(H,33,35)(H,34,36)/t17-,18-/m0/s1. The number of hydrogen-bond donors (Lipinski definition) is 4. The fraction of sp³-hybridized carbons (Fsp3) is 0.143. The molecule has 0 radical (unpaired) electrons. The van der Waals surface area contributed by atoms with Crippen LogP contribution in [0.1, 0.15) is 34.6 Å². The van der Waals surface area contributed by atoms with Crippen molar-refractivity contribution in [2.24, 2.45) is 0 Å². The first kappa shape index (κ1) is 26.0. The number of fused-ring (bicyclic) bond motifs is 1. The van der Waals surface area contributed by atoms with Gasteiger partial charge in [0.2, 0.25) is 11.8 Å². The maximum Gasteiger partial charge on any atom is 0.252 e. The molecule has 0 aliphatic heterocycles. The van der Waals surface area contributed by atoms with Crippen molar-refractivity contribution in [2.45, 2.75) is 25.9 Å². The predicted molar refractivity (Wildman–Crippen MR) is 144 cm³/mol. The Bertz CT molecular complexity index is 1360. The van der Waals surface area contributed by atoms with Gasteiger partial charge in [-0.05, 0) is 50.2 Å². The van der Waals surface area contributed by atoms with Crippen molar-refractivity contribution in [2.75, 3.05) is 10.6 Å². The number of nitrogens with one attached hydrogen (secondary N) is 4. The number of amides is 4. The predicted octanol–water partition coefficient (Wildman–Crippen LogP) is 3.14. The summed E-state index contributed by atoms with van der Waals surface area (Å²) in [6, 6.07) is 15.2. The number of carbonyl (C=O) groups excluding carboxylic acids is 4. The number of pyridine rings is 2. The van der Waals surface area contributed by atoms with E-state index in [0.29, 0.717) is 33.3 Å². The van der Waals surface area contributed by atoms with Gasteiger partial charge in [-0.25, -0.2) is 0 Å². The monoisotopic (exact) mass is 510 g/mol. The van der Waals surface area contributed by atoms with E-state index in [9.17, 15) is 19.2 Å². The van der Waals surface area contributed by atoms with Crippen LogP contribution in [0.3, 0.4) is 0 Å². The molecule has 0 bridgehead atoms. The van der Waals surface area contributed by atoms with E-state index in [1.165, 1.54) is 24.8 Å². The van der Waals surface area contributed by atoms with Gasteiger partial charge in [0.1, 0.15) is 12.1 Å². The van der Waals surface area contributed by atoms with E-state index in [-0.39, 0.29) is 11.8 Å². The molecule has 0 unspecified atom stereocenters. The fourth-order valence-corrected chi connectivity index (χ4v) is 3.71. The van der Waals surface area contributed by atoms with Crippen molar-refractivity contribution in [3.63, 3.8) is 0 Å². The molecule has 0 saturated heterocycles. The highest BCUT2D eigenvalue weighted by atomic mass is 16.2. The van der Waals surface area contributed by atoms with Crippen LogP contribution in [0.25, 0.3) is 10.8 Å². The average Bonchev–Trinajstić information content (AvgIpc) is 2.94. The van der Waals surface area contributed by atoms with Gasteiger partial charge in [0.15, 0.2) is 0 Å². The van der Waals surface area contributed by atoms with E-state index in [1.54, 1.807) is 62.4 Å². The molecule has 0 aliphatic carbocycles. The van der Waals surface area contributed by atoms with Crippen LogP contribution in [0.2, 0.25) is 0 Å². The first-order valence-electron chi connectivity index (χ1n) is 11.9. The number of hydrogen-bond acceptors (Lipinski definition) is 6. The van der Waals surface area contributed by atoms with Crippen LogP contribution >= 0.6 is 0 Å². The number of aromatic nitrogens is 2. The molecule has 2 aromatic heterocycles. The fourth-order valence-electron chi connectivity index (χ4n) is 3.71. The molecule has 4 rings (SSSR count). The molecule has 2 heterocycles. The SMILES string of the molecule is C[C@H](NC(=O)c1ccncc1)C(=O)Nc1cccc2c(NC(=O)[C@H](C)NC(=O)c3ccncc3)cccc12. The van der Waals surface area contributed by atoms with E-state index in [1.807, 2.05) is 12.1 Å². The third-order valence-corrected chi connectivity index (χ3v) is 5.80. The van der Waals surface area contributed by atoms with Crippen LogP contribution in [0.5, 0.6) is 0 Å². The van der Waals surface area contributed by atoms with Crippen molar-refractivity contribution >= 4 is 45.8 Å². The quantitative estimate of drug-likeness (QED) is 0.287. The maximum absolute atomic E-state index is 12.8. The van der Waals surface area contributed by atoms with E-state index in [4.69, 9.17) is 0 Å². The zero-order valence-corrected chi connectivity index (χ0v) is 20.8. The summed E-state index contributed by atoms with van der Waals surface area (Å²) in [7, 11) is 0. The van der Waals surface area contributed by atoms with Gasteiger partial charge in [0.25, 0.3) is 11.8 Å². The summed E-state index contributed by atoms with van der Waals surface area (Å²) >= 11 is 0. The molecular formula is C28H26N6O4. The normalized spacial score (nSPS) is 12.2. The Labute approximate surface area is 218 Å². The summed E-state index contributed by atoms with van der Waals surface area (Å²) in [5, 5.41) is 12.4. The number of carbonyl (C=O) groups is 4. The summed E-state index contributed by atoms with van der Waals surface area (Å²) < 4.78 is 0. The highest BCUT2D eigenvalue weighted by molar-refractivity contribution is 6.11. The molecular weight excluding hydrogens is 484 g/mol. The molecule has 2 aromatic carbocycles. The highest BCUT2D eigenvalue weighted by Crippen LogP contribution is 2.29. The Morgan fingerprint density at radius 1 is 0.579 bits per heavy atom. The number of anilines is 2. The first-order valence-corrected chi connectivity index (χ1v) is 11.9. The molecule has 10 heteroatoms. The lowest BCUT2D eigenvalue weighted by Gasteiger charge is -2.17. The molecule has 2 atom stereocenters. The molecule has 4 N–H and O–H groups in total. The van der Waals surface area contributed by atoms with Gasteiger partial charge in [0.05, 0.1) is 0 Å². The van der Waals surface area contributed by atoms with Crippen molar-refractivity contribution in [3.05, 3.63) is 96.6 Å². The molecule has 0 aliphatic rings. The maximum atomic E-state index is 12.8. The molecule has 38 heavy (non-hydrogen) atoms. The minimum absolute atomic E-state index is 0.386. The number of benzene rings is 2. The minimum Gasteiger partial charge on any atom is -0.341 e. The molecule has 192 valence electrons. The van der Waals surface area contributed by atoms with E-state index >= 15 is 0 Å². The third kappa shape index (κ3) is 6.16. The molecule has 0 saturated carbocycles. The lowest BCUT2D eigenvalue weighted by molar-refractivity contribution is -0.118. The largest absolute Gasteiger partial charge is 0.341 e. The first-order chi connectivity index (χ1) is 18.3. The van der Waals surface area contributed by atoms with Crippen molar-refractivity contribution in [3.8, 4) is 0 Å². The topological polar surface area (TPSA) is 142 Å². The smallest absolute Gasteiger partial charge is 0.252 e. The van der Waals surface area contributed by atoms with Crippen LogP contribution < -0.4 is 21.3 Å². The van der Waals surface area contributed by atoms with Crippen LogP contribution in [-0.4, -0.2) is 45.7 Å². The summed E-state index contributed by atoms with van der Waals surface area (Å²) in [6.07, 6.45) is 6.01. The Morgan fingerprint density at radius 2 is 0.947 bits per heavy atom. The third-order valence-electron chi connectivity index (χ3n) is 5.80. The number of rotatable bonds is 8. The molecule has 10 nitrogen and oxygen atoms in total. The summed E-state index contributed by atoms with van der Waals surface area (Å²) in [6.45, 7) is 3.18. The molecule has 4 amide bonds.